The number of amidine groups is 1. The van der Waals surface area contributed by atoms with E-state index in [2.05, 4.69) is 9.98 Å². The number of nitro groups is 1. The molecule has 1 aromatic carbocycles. The van der Waals surface area contributed by atoms with Crippen molar-refractivity contribution in [2.24, 2.45) is 21.5 Å². The lowest BCUT2D eigenvalue weighted by Crippen LogP contribution is -2.68. The van der Waals surface area contributed by atoms with E-state index in [-0.39, 0.29) is 0 Å². The minimum absolute atomic E-state index is 0.411. The minimum Gasteiger partial charge on any atom is -0.381 e. The maximum absolute atomic E-state index is 13.5. The highest BCUT2D eigenvalue weighted by Gasteiger charge is 2.73. The summed E-state index contributed by atoms with van der Waals surface area (Å²) in [6.45, 7) is 0. The predicted octanol–water partition coefficient (Wildman–Crippen LogP) is 0.861. The molecule has 22 heavy (non-hydrogen) atoms. The van der Waals surface area contributed by atoms with E-state index in [0.29, 0.717) is 5.56 Å². The van der Waals surface area contributed by atoms with Gasteiger partial charge in [-0.15, -0.1) is 0 Å². The molecule has 0 aromatic heterocycles. The second-order valence-electron chi connectivity index (χ2n) is 4.63. The van der Waals surface area contributed by atoms with E-state index >= 15 is 0 Å². The van der Waals surface area contributed by atoms with Crippen molar-refractivity contribution in [3.05, 3.63) is 46.0 Å². The standard InChI is InChI=1S/C12H12F3N5O2/c13-12(14,15)11(20(21)22)8(18-10(17)19-9(11)16)6-7-4-2-1-3-5-7/h1-5,10H,6,17H2,(H2,16,19). The maximum atomic E-state index is 13.5. The summed E-state index contributed by atoms with van der Waals surface area (Å²) in [4.78, 5) is 16.5. The van der Waals surface area contributed by atoms with Crippen LogP contribution in [0.3, 0.4) is 0 Å². The van der Waals surface area contributed by atoms with Crippen LogP contribution in [-0.4, -0.2) is 34.5 Å². The zero-order valence-electron chi connectivity index (χ0n) is 11.1. The van der Waals surface area contributed by atoms with E-state index in [1.54, 1.807) is 18.2 Å². The fraction of sp³-hybridized carbons (Fsp3) is 0.333. The van der Waals surface area contributed by atoms with E-state index < -0.39 is 40.9 Å². The van der Waals surface area contributed by atoms with Gasteiger partial charge in [-0.05, 0) is 5.56 Å². The lowest BCUT2D eigenvalue weighted by molar-refractivity contribution is -0.567. The minimum atomic E-state index is -5.29. The van der Waals surface area contributed by atoms with Gasteiger partial charge in [-0.2, -0.15) is 13.2 Å². The first-order chi connectivity index (χ1) is 10.2. The molecule has 0 spiro atoms. The van der Waals surface area contributed by atoms with Crippen molar-refractivity contribution < 1.29 is 18.1 Å². The Balaban J connectivity index is 2.58. The molecule has 1 aliphatic heterocycles. The van der Waals surface area contributed by atoms with Crippen molar-refractivity contribution in [3.8, 4) is 0 Å². The molecular weight excluding hydrogens is 303 g/mol. The number of hydrogen-bond donors (Lipinski definition) is 2. The molecule has 0 fully saturated rings. The molecule has 0 saturated heterocycles. The van der Waals surface area contributed by atoms with Gasteiger partial charge in [-0.3, -0.25) is 15.8 Å². The van der Waals surface area contributed by atoms with Crippen molar-refractivity contribution in [2.45, 2.75) is 24.4 Å². The third-order valence-corrected chi connectivity index (χ3v) is 3.25. The summed E-state index contributed by atoms with van der Waals surface area (Å²) < 4.78 is 40.4. The fourth-order valence-corrected chi connectivity index (χ4v) is 2.24. The summed E-state index contributed by atoms with van der Waals surface area (Å²) in [6.07, 6.45) is -7.10. The summed E-state index contributed by atoms with van der Waals surface area (Å²) >= 11 is 0. The first-order valence-electron chi connectivity index (χ1n) is 6.11. The average molecular weight is 315 g/mol. The molecule has 1 aromatic rings. The zero-order chi connectivity index (χ0) is 16.5. The predicted molar refractivity (Wildman–Crippen MR) is 73.0 cm³/mol. The Morgan fingerprint density at radius 1 is 1.27 bits per heavy atom. The first kappa shape index (κ1) is 15.9. The van der Waals surface area contributed by atoms with Crippen molar-refractivity contribution in [1.82, 2.24) is 0 Å². The van der Waals surface area contributed by atoms with E-state index in [9.17, 15) is 23.3 Å². The van der Waals surface area contributed by atoms with Crippen LogP contribution in [0.25, 0.3) is 0 Å². The molecule has 1 aliphatic rings. The summed E-state index contributed by atoms with van der Waals surface area (Å²) in [5.74, 6) is -1.21. The Hall–Kier alpha value is -2.49. The molecule has 0 radical (unpaired) electrons. The van der Waals surface area contributed by atoms with Gasteiger partial charge in [0.25, 0.3) is 0 Å². The number of aliphatic imine (C=N–C) groups is 2. The molecule has 7 nitrogen and oxygen atoms in total. The van der Waals surface area contributed by atoms with Crippen molar-refractivity contribution in [3.63, 3.8) is 0 Å². The Bertz CT molecular complexity index is 644. The molecule has 10 heteroatoms. The van der Waals surface area contributed by atoms with E-state index in [1.165, 1.54) is 12.1 Å². The third kappa shape index (κ3) is 2.41. The quantitative estimate of drug-likeness (QED) is 0.635. The average Bonchev–Trinajstić information content (AvgIpc) is 2.37. The van der Waals surface area contributed by atoms with Gasteiger partial charge in [-0.25, -0.2) is 9.98 Å². The largest absolute Gasteiger partial charge is 0.474 e. The van der Waals surface area contributed by atoms with Crippen LogP contribution in [0.4, 0.5) is 13.2 Å². The van der Waals surface area contributed by atoms with Crippen LogP contribution >= 0.6 is 0 Å². The highest BCUT2D eigenvalue weighted by Crippen LogP contribution is 2.37. The normalized spacial score (nSPS) is 25.4. The molecule has 2 atom stereocenters. The van der Waals surface area contributed by atoms with Gasteiger partial charge in [0.15, 0.2) is 12.1 Å². The van der Waals surface area contributed by atoms with Crippen molar-refractivity contribution in [1.29, 1.82) is 0 Å². The van der Waals surface area contributed by atoms with Gasteiger partial charge in [-0.1, -0.05) is 30.3 Å². The van der Waals surface area contributed by atoms with Gasteiger partial charge in [0.2, 0.25) is 0 Å². The number of alkyl halides is 3. The van der Waals surface area contributed by atoms with Gasteiger partial charge < -0.3 is 5.73 Å². The first-order valence-corrected chi connectivity index (χ1v) is 6.11. The zero-order valence-corrected chi connectivity index (χ0v) is 11.1. The van der Waals surface area contributed by atoms with E-state index in [1.807, 2.05) is 0 Å². The topological polar surface area (TPSA) is 120 Å². The highest BCUT2D eigenvalue weighted by atomic mass is 19.4. The van der Waals surface area contributed by atoms with Gasteiger partial charge in [0, 0.05) is 6.42 Å². The number of nitrogens with two attached hydrogens (primary N) is 2. The van der Waals surface area contributed by atoms with Crippen LogP contribution in [0.5, 0.6) is 0 Å². The molecule has 0 amide bonds. The molecule has 0 aliphatic carbocycles. The lowest BCUT2D eigenvalue weighted by Gasteiger charge is -2.31. The van der Waals surface area contributed by atoms with Crippen molar-refractivity contribution >= 4 is 11.5 Å². The molecule has 2 unspecified atom stereocenters. The fourth-order valence-electron chi connectivity index (χ4n) is 2.24. The van der Waals surface area contributed by atoms with E-state index in [4.69, 9.17) is 11.5 Å². The van der Waals surface area contributed by atoms with Gasteiger partial charge >= 0.3 is 11.7 Å². The SMILES string of the molecule is NC1=NC(N)N=C(Cc2ccccc2)C1([N+](=O)[O-])C(F)(F)F. The summed E-state index contributed by atoms with van der Waals surface area (Å²) in [7, 11) is 0. The van der Waals surface area contributed by atoms with Gasteiger partial charge in [0.05, 0.1) is 4.92 Å². The number of rotatable bonds is 3. The second kappa shape index (κ2) is 5.37. The van der Waals surface area contributed by atoms with Crippen LogP contribution in [-0.2, 0) is 6.42 Å². The summed E-state index contributed by atoms with van der Waals surface area (Å²) in [6, 6.07) is 7.90. The van der Waals surface area contributed by atoms with Crippen LogP contribution in [0.2, 0.25) is 0 Å². The molecule has 4 N–H and O–H groups in total. The maximum Gasteiger partial charge on any atom is 0.474 e. The molecule has 2 rings (SSSR count). The van der Waals surface area contributed by atoms with Crippen LogP contribution in [0.1, 0.15) is 5.56 Å². The van der Waals surface area contributed by atoms with Gasteiger partial charge in [0.1, 0.15) is 5.71 Å². The molecule has 1 heterocycles. The second-order valence-corrected chi connectivity index (χ2v) is 4.63. The molecular formula is C12H12F3N5O2. The monoisotopic (exact) mass is 315 g/mol. The number of halogens is 3. The Morgan fingerprint density at radius 2 is 1.86 bits per heavy atom. The van der Waals surface area contributed by atoms with Crippen LogP contribution < -0.4 is 11.5 Å². The lowest BCUT2D eigenvalue weighted by atomic mass is 9.86. The smallest absolute Gasteiger partial charge is 0.381 e. The molecule has 0 saturated carbocycles. The Morgan fingerprint density at radius 3 is 2.36 bits per heavy atom. The van der Waals surface area contributed by atoms with E-state index in [0.717, 1.165) is 0 Å². The third-order valence-electron chi connectivity index (χ3n) is 3.25. The number of benzene rings is 1. The number of hydrogen-bond acceptors (Lipinski definition) is 6. The van der Waals surface area contributed by atoms with Crippen LogP contribution in [0.15, 0.2) is 40.3 Å². The summed E-state index contributed by atoms with van der Waals surface area (Å²) in [5, 5.41) is 11.2. The summed E-state index contributed by atoms with van der Waals surface area (Å²) in [5.41, 5.74) is 6.63. The highest BCUT2D eigenvalue weighted by molar-refractivity contribution is 6.16. The number of nitrogens with zero attached hydrogens (tertiary/aromatic N) is 3. The molecule has 118 valence electrons. The molecule has 0 bridgehead atoms. The Labute approximate surface area is 122 Å². The van der Waals surface area contributed by atoms with Crippen molar-refractivity contribution in [2.75, 3.05) is 0 Å². The Kier molecular flexibility index (Phi) is 3.88. The van der Waals surface area contributed by atoms with Crippen LogP contribution in [0, 0.1) is 10.1 Å².